The summed E-state index contributed by atoms with van der Waals surface area (Å²) in [6, 6.07) is 4.99. The summed E-state index contributed by atoms with van der Waals surface area (Å²) in [4.78, 5) is 26.5. The van der Waals surface area contributed by atoms with Crippen LogP contribution in [0.1, 0.15) is 47.8 Å². The molecule has 0 bridgehead atoms. The smallest absolute Gasteiger partial charge is 0.335 e. The van der Waals surface area contributed by atoms with E-state index in [9.17, 15) is 9.59 Å². The maximum atomic E-state index is 11.0. The van der Waals surface area contributed by atoms with E-state index in [4.69, 9.17) is 10.8 Å². The van der Waals surface area contributed by atoms with Crippen LogP contribution in [0.5, 0.6) is 0 Å². The second-order valence-corrected chi connectivity index (χ2v) is 5.47. The van der Waals surface area contributed by atoms with E-state index in [1.165, 1.54) is 0 Å². The summed E-state index contributed by atoms with van der Waals surface area (Å²) >= 11 is 0. The number of aryl methyl sites for hydroxylation is 1. The molecule has 1 fully saturated rings. The third-order valence-electron chi connectivity index (χ3n) is 3.77. The highest BCUT2D eigenvalue weighted by Gasteiger charge is 2.29. The number of carbonyl (C=O) groups is 2. The summed E-state index contributed by atoms with van der Waals surface area (Å²) in [6.45, 7) is 0.678. The van der Waals surface area contributed by atoms with Crippen LogP contribution in [0, 0.1) is 0 Å². The van der Waals surface area contributed by atoms with Crippen LogP contribution in [-0.4, -0.2) is 26.5 Å². The molecule has 0 spiro atoms. The number of carboxylic acid groups (broad SMARTS) is 1. The lowest BCUT2D eigenvalue weighted by Crippen LogP contribution is -2.12. The quantitative estimate of drug-likeness (QED) is 0.847. The highest BCUT2D eigenvalue weighted by atomic mass is 16.4. The van der Waals surface area contributed by atoms with Gasteiger partial charge in [-0.1, -0.05) is 0 Å². The van der Waals surface area contributed by atoms with Gasteiger partial charge in [0.1, 0.15) is 5.82 Å². The third-order valence-corrected chi connectivity index (χ3v) is 3.77. The molecule has 2 aromatic rings. The first-order valence-electron chi connectivity index (χ1n) is 7.08. The number of carboxylic acids is 1. The van der Waals surface area contributed by atoms with Crippen molar-refractivity contribution >= 4 is 22.9 Å². The van der Waals surface area contributed by atoms with Gasteiger partial charge in [0.05, 0.1) is 16.6 Å². The third kappa shape index (κ3) is 2.74. The van der Waals surface area contributed by atoms with Crippen molar-refractivity contribution in [3.8, 4) is 0 Å². The zero-order chi connectivity index (χ0) is 15.0. The molecule has 0 radical (unpaired) electrons. The van der Waals surface area contributed by atoms with Gasteiger partial charge in [-0.3, -0.25) is 4.79 Å². The molecule has 1 saturated carbocycles. The first kappa shape index (κ1) is 13.6. The van der Waals surface area contributed by atoms with E-state index in [0.717, 1.165) is 24.2 Å². The number of aromatic nitrogens is 2. The summed E-state index contributed by atoms with van der Waals surface area (Å²) in [7, 11) is 0. The topological polar surface area (TPSA) is 98.2 Å². The number of nitrogens with two attached hydrogens (primary N) is 1. The summed E-state index contributed by atoms with van der Waals surface area (Å²) in [5, 5.41) is 9.06. The Balaban J connectivity index is 1.97. The molecule has 0 saturated heterocycles. The second-order valence-electron chi connectivity index (χ2n) is 5.47. The van der Waals surface area contributed by atoms with E-state index < -0.39 is 5.97 Å². The van der Waals surface area contributed by atoms with Crippen molar-refractivity contribution in [3.63, 3.8) is 0 Å². The molecule has 3 rings (SSSR count). The Morgan fingerprint density at radius 2 is 2.14 bits per heavy atom. The fraction of sp³-hybridized carbons (Fsp3) is 0.400. The lowest BCUT2D eigenvalue weighted by Gasteiger charge is -2.07. The molecule has 21 heavy (non-hydrogen) atoms. The second kappa shape index (κ2) is 5.20. The number of hydrogen-bond donors (Lipinski definition) is 2. The summed E-state index contributed by atoms with van der Waals surface area (Å²) in [5.41, 5.74) is 7.05. The monoisotopic (exact) mass is 287 g/mol. The molecule has 0 atom stereocenters. The maximum absolute atomic E-state index is 11.0. The van der Waals surface area contributed by atoms with Gasteiger partial charge in [-0.25, -0.2) is 9.78 Å². The number of aromatic carboxylic acids is 1. The molecule has 1 heterocycles. The highest BCUT2D eigenvalue weighted by molar-refractivity contribution is 5.92. The number of hydrogen-bond acceptors (Lipinski definition) is 3. The predicted molar refractivity (Wildman–Crippen MR) is 77.1 cm³/mol. The Kier molecular flexibility index (Phi) is 3.37. The van der Waals surface area contributed by atoms with Gasteiger partial charge in [0.2, 0.25) is 5.91 Å². The van der Waals surface area contributed by atoms with Crippen molar-refractivity contribution in [1.29, 1.82) is 0 Å². The first-order valence-corrected chi connectivity index (χ1v) is 7.08. The van der Waals surface area contributed by atoms with Crippen molar-refractivity contribution in [2.75, 3.05) is 0 Å². The average Bonchev–Trinajstić information content (AvgIpc) is 3.21. The molecule has 6 heteroatoms. The van der Waals surface area contributed by atoms with E-state index in [-0.39, 0.29) is 11.5 Å². The molecule has 0 aliphatic heterocycles. The molecule has 1 aromatic carbocycles. The van der Waals surface area contributed by atoms with E-state index in [1.807, 2.05) is 0 Å². The Labute approximate surface area is 121 Å². The highest BCUT2D eigenvalue weighted by Crippen LogP contribution is 2.40. The number of imidazole rings is 1. The molecular formula is C15H17N3O3. The van der Waals surface area contributed by atoms with Crippen LogP contribution in [0.2, 0.25) is 0 Å². The largest absolute Gasteiger partial charge is 0.478 e. The number of amides is 1. The van der Waals surface area contributed by atoms with Gasteiger partial charge in [0, 0.05) is 18.9 Å². The van der Waals surface area contributed by atoms with Crippen LogP contribution in [0.3, 0.4) is 0 Å². The average molecular weight is 287 g/mol. The van der Waals surface area contributed by atoms with Gasteiger partial charge < -0.3 is 15.4 Å². The number of primary amides is 1. The normalized spacial score (nSPS) is 14.5. The van der Waals surface area contributed by atoms with Crippen LogP contribution >= 0.6 is 0 Å². The van der Waals surface area contributed by atoms with Gasteiger partial charge in [0.15, 0.2) is 0 Å². The van der Waals surface area contributed by atoms with Gasteiger partial charge >= 0.3 is 5.97 Å². The minimum absolute atomic E-state index is 0.242. The van der Waals surface area contributed by atoms with Crippen molar-refractivity contribution in [2.24, 2.45) is 5.73 Å². The van der Waals surface area contributed by atoms with E-state index in [2.05, 4.69) is 9.55 Å². The van der Waals surface area contributed by atoms with Gasteiger partial charge in [0.25, 0.3) is 0 Å². The van der Waals surface area contributed by atoms with Crippen molar-refractivity contribution in [1.82, 2.24) is 9.55 Å². The minimum atomic E-state index is -0.951. The first-order chi connectivity index (χ1) is 10.1. The summed E-state index contributed by atoms with van der Waals surface area (Å²) < 4.78 is 2.10. The molecule has 1 aromatic heterocycles. The zero-order valence-corrected chi connectivity index (χ0v) is 11.6. The SMILES string of the molecule is NC(=O)CCCn1c(C2CC2)nc2cc(C(=O)O)ccc21. The number of fused-ring (bicyclic) bond motifs is 1. The predicted octanol–water partition coefficient (Wildman–Crippen LogP) is 1.88. The molecule has 1 aliphatic rings. The van der Waals surface area contributed by atoms with Gasteiger partial charge in [-0.05, 0) is 37.5 Å². The van der Waals surface area contributed by atoms with E-state index in [1.54, 1.807) is 18.2 Å². The van der Waals surface area contributed by atoms with Crippen LogP contribution < -0.4 is 5.73 Å². The van der Waals surface area contributed by atoms with Crippen LogP contribution in [0.4, 0.5) is 0 Å². The van der Waals surface area contributed by atoms with Gasteiger partial charge in [-0.15, -0.1) is 0 Å². The number of nitrogens with zero attached hydrogens (tertiary/aromatic N) is 2. The molecule has 1 aliphatic carbocycles. The Morgan fingerprint density at radius 3 is 2.76 bits per heavy atom. The number of carbonyl (C=O) groups excluding carboxylic acids is 1. The molecular weight excluding hydrogens is 270 g/mol. The van der Waals surface area contributed by atoms with Crippen LogP contribution in [0.25, 0.3) is 11.0 Å². The standard InChI is InChI=1S/C15H17N3O3/c16-13(19)2-1-7-18-12-6-5-10(15(20)21)8-11(12)17-14(18)9-3-4-9/h5-6,8-9H,1-4,7H2,(H2,16,19)(H,20,21). The minimum Gasteiger partial charge on any atom is -0.478 e. The molecule has 3 N–H and O–H groups in total. The van der Waals surface area contributed by atoms with Crippen molar-refractivity contribution < 1.29 is 14.7 Å². The van der Waals surface area contributed by atoms with Gasteiger partial charge in [-0.2, -0.15) is 0 Å². The number of benzene rings is 1. The van der Waals surface area contributed by atoms with Crippen molar-refractivity contribution in [3.05, 3.63) is 29.6 Å². The van der Waals surface area contributed by atoms with E-state index in [0.29, 0.717) is 30.8 Å². The zero-order valence-electron chi connectivity index (χ0n) is 11.6. The molecule has 6 nitrogen and oxygen atoms in total. The lowest BCUT2D eigenvalue weighted by molar-refractivity contribution is -0.118. The fourth-order valence-electron chi connectivity index (χ4n) is 2.58. The summed E-state index contributed by atoms with van der Waals surface area (Å²) in [5.74, 6) is 0.199. The maximum Gasteiger partial charge on any atom is 0.335 e. The Hall–Kier alpha value is -2.37. The lowest BCUT2D eigenvalue weighted by atomic mass is 10.2. The fourth-order valence-corrected chi connectivity index (χ4v) is 2.58. The Bertz CT molecular complexity index is 716. The number of rotatable bonds is 6. The Morgan fingerprint density at radius 1 is 1.38 bits per heavy atom. The van der Waals surface area contributed by atoms with Crippen LogP contribution in [0.15, 0.2) is 18.2 Å². The summed E-state index contributed by atoms with van der Waals surface area (Å²) in [6.07, 6.45) is 3.24. The molecule has 0 unspecified atom stereocenters. The molecule has 1 amide bonds. The van der Waals surface area contributed by atoms with Crippen LogP contribution in [-0.2, 0) is 11.3 Å². The van der Waals surface area contributed by atoms with E-state index >= 15 is 0 Å². The molecule has 110 valence electrons. The van der Waals surface area contributed by atoms with Crippen molar-refractivity contribution in [2.45, 2.75) is 38.1 Å².